The smallest absolute Gasteiger partial charge is 0.0699 e. The van der Waals surface area contributed by atoms with E-state index in [2.05, 4.69) is 228 Å². The average Bonchev–Trinajstić information content (AvgIpc) is 3.35. The quantitative estimate of drug-likeness (QED) is 0.164. The van der Waals surface area contributed by atoms with Crippen molar-refractivity contribution in [2.24, 2.45) is 0 Å². The maximum absolute atomic E-state index is 2.61. The molecule has 306 valence electrons. The van der Waals surface area contributed by atoms with Gasteiger partial charge in [0.15, 0.2) is 0 Å². The van der Waals surface area contributed by atoms with Crippen molar-refractivity contribution in [3.05, 3.63) is 211 Å². The molecule has 4 heteroatoms. The van der Waals surface area contributed by atoms with Crippen LogP contribution in [0.3, 0.4) is 0 Å². The number of aryl methyl sites for hydroxylation is 1. The van der Waals surface area contributed by atoms with E-state index >= 15 is 0 Å². The lowest BCUT2D eigenvalue weighted by Crippen LogP contribution is -2.32. The summed E-state index contributed by atoms with van der Waals surface area (Å²) in [6.45, 7) is 0. The molecular formula is C60H46N4. The van der Waals surface area contributed by atoms with Gasteiger partial charge in [-0.1, -0.05) is 133 Å². The molecule has 0 amide bonds. The van der Waals surface area contributed by atoms with Crippen molar-refractivity contribution in [2.45, 2.75) is 25.7 Å². The molecule has 0 saturated heterocycles. The lowest BCUT2D eigenvalue weighted by Gasteiger charge is -2.42. The number of hydrogen-bond donors (Lipinski definition) is 0. The molecule has 13 rings (SSSR count). The van der Waals surface area contributed by atoms with Crippen molar-refractivity contribution in [3.8, 4) is 22.3 Å². The second-order valence-electron chi connectivity index (χ2n) is 17.6. The summed E-state index contributed by atoms with van der Waals surface area (Å²) >= 11 is 0. The van der Waals surface area contributed by atoms with Gasteiger partial charge in [0, 0.05) is 30.6 Å². The van der Waals surface area contributed by atoms with E-state index in [4.69, 9.17) is 0 Å². The molecule has 0 N–H and O–H groups in total. The fourth-order valence-electron chi connectivity index (χ4n) is 11.2. The van der Waals surface area contributed by atoms with Crippen molar-refractivity contribution >= 4 is 83.9 Å². The van der Waals surface area contributed by atoms with E-state index in [9.17, 15) is 0 Å². The standard InChI is InChI=1S/C60H46N4/c1-61-47-23-7-11-27-51(47)63(52-28-12-8-24-48(52)61)55-31-15-21-45-58(44-36-34-40-18-4-6-20-42(40)38-44)60-46(57(59(45)55)43-35-33-39-17-3-5-19-41(39)37-43)22-16-32-56(60)64-53-29-13-9-25-49(53)62(2)50-26-10-14-30-54(50)64/h3-5,7-13,15-19,21-29,31-38H,6,14,20,30H2,1-2H3. The molecular weight excluding hydrogens is 777 g/mol. The van der Waals surface area contributed by atoms with Gasteiger partial charge in [0.2, 0.25) is 0 Å². The van der Waals surface area contributed by atoms with Crippen LogP contribution in [0.5, 0.6) is 0 Å². The average molecular weight is 823 g/mol. The molecule has 0 spiro atoms. The third-order valence-corrected chi connectivity index (χ3v) is 14.2. The SMILES string of the molecule is CN1C2=C(CCC=C2)N(c2cccc3c(-c4ccc5ccccc5c4)c4c(N5c6ccccc6N(C)c6ccccc65)cccc4c(-c4ccc5c(c4)CCC=C5)c23)c2ccccc21. The summed E-state index contributed by atoms with van der Waals surface area (Å²) in [6, 6.07) is 63.9. The Morgan fingerprint density at radius 2 is 0.906 bits per heavy atom. The fraction of sp³-hybridized carbons (Fsp3) is 0.100. The van der Waals surface area contributed by atoms with Crippen molar-refractivity contribution in [1.82, 2.24) is 0 Å². The number of nitrogens with zero attached hydrogens (tertiary/aromatic N) is 4. The fourth-order valence-corrected chi connectivity index (χ4v) is 11.2. The van der Waals surface area contributed by atoms with Gasteiger partial charge in [-0.2, -0.15) is 0 Å². The molecule has 0 atom stereocenters. The summed E-state index contributed by atoms with van der Waals surface area (Å²) in [5, 5.41) is 7.45. The first kappa shape index (κ1) is 36.8. The minimum atomic E-state index is 0.957. The maximum Gasteiger partial charge on any atom is 0.0699 e. The number of anilines is 8. The highest BCUT2D eigenvalue weighted by Crippen LogP contribution is 2.57. The molecule has 64 heavy (non-hydrogen) atoms. The number of likely N-dealkylation sites (N-methyl/N-ethyl adjacent to an activating group) is 1. The molecule has 9 aromatic carbocycles. The monoisotopic (exact) mass is 822 g/mol. The molecule has 0 unspecified atom stereocenters. The van der Waals surface area contributed by atoms with Crippen LogP contribution in [0, 0.1) is 0 Å². The lowest BCUT2D eigenvalue weighted by atomic mass is 9.82. The number of hydrogen-bond acceptors (Lipinski definition) is 4. The van der Waals surface area contributed by atoms with Crippen molar-refractivity contribution < 1.29 is 0 Å². The van der Waals surface area contributed by atoms with Gasteiger partial charge in [-0.3, -0.25) is 0 Å². The third-order valence-electron chi connectivity index (χ3n) is 14.2. The predicted molar refractivity (Wildman–Crippen MR) is 272 cm³/mol. The van der Waals surface area contributed by atoms with Crippen LogP contribution in [-0.4, -0.2) is 14.1 Å². The summed E-state index contributed by atoms with van der Waals surface area (Å²) in [6.07, 6.45) is 13.3. The van der Waals surface area contributed by atoms with Gasteiger partial charge in [0.25, 0.3) is 0 Å². The van der Waals surface area contributed by atoms with Gasteiger partial charge in [-0.25, -0.2) is 0 Å². The van der Waals surface area contributed by atoms with Crippen molar-refractivity contribution in [3.63, 3.8) is 0 Å². The van der Waals surface area contributed by atoms with Crippen LogP contribution < -0.4 is 19.6 Å². The second kappa shape index (κ2) is 14.4. The van der Waals surface area contributed by atoms with Gasteiger partial charge in [-0.15, -0.1) is 0 Å². The van der Waals surface area contributed by atoms with Gasteiger partial charge in [0.1, 0.15) is 0 Å². The van der Waals surface area contributed by atoms with Crippen LogP contribution in [0.2, 0.25) is 0 Å². The topological polar surface area (TPSA) is 13.0 Å². The first-order valence-corrected chi connectivity index (χ1v) is 22.7. The van der Waals surface area contributed by atoms with E-state index in [0.29, 0.717) is 0 Å². The van der Waals surface area contributed by atoms with Gasteiger partial charge < -0.3 is 19.6 Å². The molecule has 0 fully saturated rings. The number of rotatable bonds is 4. The Bertz CT molecular complexity index is 3470. The molecule has 2 aliphatic carbocycles. The normalized spacial score (nSPS) is 15.1. The molecule has 0 bridgehead atoms. The van der Waals surface area contributed by atoms with E-state index in [1.807, 2.05) is 0 Å². The van der Waals surface area contributed by atoms with Crippen LogP contribution in [0.15, 0.2) is 199 Å². The molecule has 9 aromatic rings. The van der Waals surface area contributed by atoms with E-state index in [1.54, 1.807) is 0 Å². The van der Waals surface area contributed by atoms with Crippen LogP contribution in [0.4, 0.5) is 45.5 Å². The van der Waals surface area contributed by atoms with E-state index in [0.717, 1.165) is 42.7 Å². The largest absolute Gasteiger partial charge is 0.341 e. The van der Waals surface area contributed by atoms with Crippen molar-refractivity contribution in [1.29, 1.82) is 0 Å². The molecule has 2 aliphatic heterocycles. The highest BCUT2D eigenvalue weighted by atomic mass is 15.3. The van der Waals surface area contributed by atoms with Crippen molar-refractivity contribution in [2.75, 3.05) is 33.7 Å². The van der Waals surface area contributed by atoms with Crippen LogP contribution in [0.1, 0.15) is 30.4 Å². The number of allylic oxidation sites excluding steroid dienone is 4. The highest BCUT2D eigenvalue weighted by Gasteiger charge is 2.34. The van der Waals surface area contributed by atoms with Crippen LogP contribution in [0.25, 0.3) is 60.6 Å². The Balaban J connectivity index is 1.23. The zero-order valence-electron chi connectivity index (χ0n) is 36.1. The van der Waals surface area contributed by atoms with E-state index in [-0.39, 0.29) is 0 Å². The third kappa shape index (κ3) is 5.42. The van der Waals surface area contributed by atoms with E-state index < -0.39 is 0 Å². The molecule has 0 aromatic heterocycles. The number of benzene rings is 9. The van der Waals surface area contributed by atoms with Gasteiger partial charge in [0.05, 0.1) is 51.2 Å². The minimum Gasteiger partial charge on any atom is -0.341 e. The van der Waals surface area contributed by atoms with E-state index in [1.165, 1.54) is 106 Å². The molecule has 0 saturated carbocycles. The Morgan fingerprint density at radius 1 is 0.391 bits per heavy atom. The Kier molecular flexibility index (Phi) is 8.26. The number of fused-ring (bicyclic) bond motifs is 7. The predicted octanol–water partition coefficient (Wildman–Crippen LogP) is 16.1. The summed E-state index contributed by atoms with van der Waals surface area (Å²) in [7, 11) is 4.41. The zero-order valence-corrected chi connectivity index (χ0v) is 36.1. The first-order chi connectivity index (χ1) is 31.6. The Labute approximate surface area is 374 Å². The minimum absolute atomic E-state index is 0.957. The number of para-hydroxylation sites is 6. The lowest BCUT2D eigenvalue weighted by molar-refractivity contribution is 0.860. The molecule has 4 aliphatic rings. The molecule has 0 radical (unpaired) electrons. The Morgan fingerprint density at radius 3 is 1.59 bits per heavy atom. The molecule has 2 heterocycles. The second-order valence-corrected chi connectivity index (χ2v) is 17.6. The first-order valence-electron chi connectivity index (χ1n) is 22.7. The Hall–Kier alpha value is -7.82. The summed E-state index contributed by atoms with van der Waals surface area (Å²) < 4.78 is 0. The summed E-state index contributed by atoms with van der Waals surface area (Å²) in [5.41, 5.74) is 19.7. The summed E-state index contributed by atoms with van der Waals surface area (Å²) in [4.78, 5) is 9.85. The van der Waals surface area contributed by atoms with Crippen LogP contribution in [-0.2, 0) is 6.42 Å². The highest BCUT2D eigenvalue weighted by molar-refractivity contribution is 6.28. The van der Waals surface area contributed by atoms with Gasteiger partial charge >= 0.3 is 0 Å². The van der Waals surface area contributed by atoms with Crippen LogP contribution >= 0.6 is 0 Å². The summed E-state index contributed by atoms with van der Waals surface area (Å²) in [5.74, 6) is 0. The molecule has 4 nitrogen and oxygen atoms in total. The van der Waals surface area contributed by atoms with Gasteiger partial charge in [-0.05, 0) is 141 Å². The zero-order chi connectivity index (χ0) is 42.5. The maximum atomic E-state index is 2.61.